The van der Waals surface area contributed by atoms with Crippen LogP contribution in [0, 0.1) is 5.92 Å². The van der Waals surface area contributed by atoms with Crippen LogP contribution in [0.1, 0.15) is 25.7 Å². The minimum atomic E-state index is -0.360. The summed E-state index contributed by atoms with van der Waals surface area (Å²) in [5, 5.41) is 0. The molecule has 0 amide bonds. The summed E-state index contributed by atoms with van der Waals surface area (Å²) in [6.45, 7) is 3.52. The molecule has 0 aromatic heterocycles. The van der Waals surface area contributed by atoms with Crippen LogP contribution >= 0.6 is 0 Å². The fraction of sp³-hybridized carbons (Fsp3) is 0.556. The molecule has 1 aliphatic carbocycles. The van der Waals surface area contributed by atoms with Crippen LogP contribution in [0.5, 0.6) is 0 Å². The quantitative estimate of drug-likeness (QED) is 0.444. The Morgan fingerprint density at radius 3 is 2.36 bits per heavy atom. The van der Waals surface area contributed by atoms with Crippen LogP contribution in [-0.2, 0) is 9.59 Å². The van der Waals surface area contributed by atoms with E-state index in [4.69, 9.17) is 0 Å². The van der Waals surface area contributed by atoms with Crippen molar-refractivity contribution in [1.29, 1.82) is 0 Å². The molecule has 0 atom stereocenters. The summed E-state index contributed by atoms with van der Waals surface area (Å²) in [5.74, 6) is -0.163. The Balaban J connectivity index is 2.62. The Morgan fingerprint density at radius 2 is 1.91 bits per heavy atom. The molecule has 11 heavy (non-hydrogen) atoms. The van der Waals surface area contributed by atoms with Crippen LogP contribution in [0.15, 0.2) is 12.7 Å². The van der Waals surface area contributed by atoms with E-state index in [1.165, 1.54) is 0 Å². The number of Topliss-reactive ketones (excluding diaryl/α,β-unsaturated/α-hetero) is 2. The van der Waals surface area contributed by atoms with Crippen LogP contribution < -0.4 is 0 Å². The maximum atomic E-state index is 11.1. The highest BCUT2D eigenvalue weighted by Crippen LogP contribution is 2.20. The molecule has 0 saturated heterocycles. The van der Waals surface area contributed by atoms with E-state index in [9.17, 15) is 9.59 Å². The molecule has 2 nitrogen and oxygen atoms in total. The fourth-order valence-electron chi connectivity index (χ4n) is 1.39. The van der Waals surface area contributed by atoms with Crippen LogP contribution in [-0.4, -0.2) is 11.6 Å². The van der Waals surface area contributed by atoms with E-state index >= 15 is 0 Å². The molecular formula is C9H12O2. The number of allylic oxidation sites excluding steroid dienone is 1. The van der Waals surface area contributed by atoms with Gasteiger partial charge in [-0.05, 0) is 12.8 Å². The van der Waals surface area contributed by atoms with Gasteiger partial charge < -0.3 is 0 Å². The highest BCUT2D eigenvalue weighted by Gasteiger charge is 2.28. The smallest absolute Gasteiger partial charge is 0.143 e. The average molecular weight is 152 g/mol. The topological polar surface area (TPSA) is 34.1 Å². The lowest BCUT2D eigenvalue weighted by Crippen LogP contribution is -2.27. The third-order valence-electron chi connectivity index (χ3n) is 2.03. The Hall–Kier alpha value is -0.920. The first kappa shape index (κ1) is 8.18. The molecule has 0 bridgehead atoms. The molecule has 1 rings (SSSR count). The highest BCUT2D eigenvalue weighted by atomic mass is 16.2. The normalized spacial score (nSPS) is 20.4. The summed E-state index contributed by atoms with van der Waals surface area (Å²) in [5.41, 5.74) is 0. The highest BCUT2D eigenvalue weighted by molar-refractivity contribution is 6.04. The first-order valence-corrected chi connectivity index (χ1v) is 3.92. The van der Waals surface area contributed by atoms with Gasteiger partial charge in [-0.1, -0.05) is 6.08 Å². The Morgan fingerprint density at radius 1 is 1.36 bits per heavy atom. The number of hydrogen-bond acceptors (Lipinski definition) is 2. The molecule has 1 aliphatic rings. The molecule has 0 aliphatic heterocycles. The van der Waals surface area contributed by atoms with Crippen LogP contribution in [0.4, 0.5) is 0 Å². The maximum absolute atomic E-state index is 11.1. The van der Waals surface area contributed by atoms with Gasteiger partial charge in [-0.15, -0.1) is 6.58 Å². The van der Waals surface area contributed by atoms with Gasteiger partial charge >= 0.3 is 0 Å². The summed E-state index contributed by atoms with van der Waals surface area (Å²) in [4.78, 5) is 22.3. The molecule has 0 unspecified atom stereocenters. The third kappa shape index (κ3) is 1.76. The zero-order valence-electron chi connectivity index (χ0n) is 6.51. The van der Waals surface area contributed by atoms with E-state index in [-0.39, 0.29) is 17.5 Å². The monoisotopic (exact) mass is 152 g/mol. The molecular weight excluding hydrogens is 140 g/mol. The van der Waals surface area contributed by atoms with Gasteiger partial charge in [0.05, 0.1) is 5.92 Å². The van der Waals surface area contributed by atoms with Crippen molar-refractivity contribution in [2.75, 3.05) is 0 Å². The number of rotatable bonds is 2. The van der Waals surface area contributed by atoms with Crippen molar-refractivity contribution in [2.45, 2.75) is 25.7 Å². The van der Waals surface area contributed by atoms with E-state index in [1.54, 1.807) is 6.08 Å². The minimum Gasteiger partial charge on any atom is -0.299 e. The predicted molar refractivity (Wildman–Crippen MR) is 42.2 cm³/mol. The Kier molecular flexibility index (Phi) is 2.58. The van der Waals surface area contributed by atoms with Crippen molar-refractivity contribution < 1.29 is 9.59 Å². The minimum absolute atomic E-state index is 0.0983. The van der Waals surface area contributed by atoms with Crippen molar-refractivity contribution in [3.63, 3.8) is 0 Å². The van der Waals surface area contributed by atoms with Crippen LogP contribution in [0.3, 0.4) is 0 Å². The number of carbonyl (C=O) groups is 2. The Labute approximate surface area is 66.3 Å². The maximum Gasteiger partial charge on any atom is 0.143 e. The average Bonchev–Trinajstić information content (AvgIpc) is 1.97. The fourth-order valence-corrected chi connectivity index (χ4v) is 1.39. The van der Waals surface area contributed by atoms with Crippen LogP contribution in [0.25, 0.3) is 0 Å². The Bertz CT molecular complexity index is 178. The molecule has 2 heteroatoms. The van der Waals surface area contributed by atoms with Crippen molar-refractivity contribution in [2.24, 2.45) is 5.92 Å². The summed E-state index contributed by atoms with van der Waals surface area (Å²) in [6, 6.07) is 0. The zero-order chi connectivity index (χ0) is 8.27. The first-order chi connectivity index (χ1) is 5.25. The van der Waals surface area contributed by atoms with E-state index in [0.717, 1.165) is 6.42 Å². The second-order valence-corrected chi connectivity index (χ2v) is 2.86. The molecule has 0 aromatic carbocycles. The lowest BCUT2D eigenvalue weighted by Gasteiger charge is -2.17. The van der Waals surface area contributed by atoms with Crippen LogP contribution in [0.2, 0.25) is 0 Å². The molecule has 1 saturated carbocycles. The zero-order valence-corrected chi connectivity index (χ0v) is 6.51. The van der Waals surface area contributed by atoms with E-state index in [2.05, 4.69) is 6.58 Å². The molecule has 0 spiro atoms. The van der Waals surface area contributed by atoms with Crippen molar-refractivity contribution >= 4 is 11.6 Å². The number of ketones is 2. The summed E-state index contributed by atoms with van der Waals surface area (Å²) < 4.78 is 0. The summed E-state index contributed by atoms with van der Waals surface area (Å²) in [6.07, 6.45) is 4.06. The molecule has 0 N–H and O–H groups in total. The molecule has 1 fully saturated rings. The van der Waals surface area contributed by atoms with E-state index in [1.807, 2.05) is 0 Å². The van der Waals surface area contributed by atoms with Gasteiger partial charge in [0.25, 0.3) is 0 Å². The summed E-state index contributed by atoms with van der Waals surface area (Å²) >= 11 is 0. The van der Waals surface area contributed by atoms with Crippen molar-refractivity contribution in [1.82, 2.24) is 0 Å². The lowest BCUT2D eigenvalue weighted by molar-refractivity contribution is -0.135. The lowest BCUT2D eigenvalue weighted by atomic mass is 9.85. The largest absolute Gasteiger partial charge is 0.299 e. The van der Waals surface area contributed by atoms with Crippen molar-refractivity contribution in [3.8, 4) is 0 Å². The van der Waals surface area contributed by atoms with Gasteiger partial charge in [0, 0.05) is 12.8 Å². The number of carbonyl (C=O) groups excluding carboxylic acids is 2. The molecule has 60 valence electrons. The molecule has 0 radical (unpaired) electrons. The van der Waals surface area contributed by atoms with Crippen molar-refractivity contribution in [3.05, 3.63) is 12.7 Å². The second kappa shape index (κ2) is 3.46. The predicted octanol–water partition coefficient (Wildman–Crippen LogP) is 1.50. The molecule has 0 heterocycles. The van der Waals surface area contributed by atoms with E-state index in [0.29, 0.717) is 19.3 Å². The SMILES string of the molecule is C=CCC1C(=O)CCCC1=O. The van der Waals surface area contributed by atoms with Gasteiger partial charge in [-0.3, -0.25) is 9.59 Å². The summed E-state index contributed by atoms with van der Waals surface area (Å²) in [7, 11) is 0. The second-order valence-electron chi connectivity index (χ2n) is 2.86. The first-order valence-electron chi connectivity index (χ1n) is 3.92. The van der Waals surface area contributed by atoms with E-state index < -0.39 is 0 Å². The van der Waals surface area contributed by atoms with Gasteiger partial charge in [-0.25, -0.2) is 0 Å². The van der Waals surface area contributed by atoms with Gasteiger partial charge in [0.15, 0.2) is 0 Å². The standard InChI is InChI=1S/C9H12O2/c1-2-4-7-8(10)5-3-6-9(7)11/h2,7H,1,3-6H2. The molecule has 0 aromatic rings. The van der Waals surface area contributed by atoms with Gasteiger partial charge in [0.1, 0.15) is 11.6 Å². The van der Waals surface area contributed by atoms with Gasteiger partial charge in [0.2, 0.25) is 0 Å². The third-order valence-corrected chi connectivity index (χ3v) is 2.03. The number of hydrogen-bond donors (Lipinski definition) is 0. The van der Waals surface area contributed by atoms with Gasteiger partial charge in [-0.2, -0.15) is 0 Å².